The van der Waals surface area contributed by atoms with Gasteiger partial charge in [-0.15, -0.1) is 11.3 Å². The zero-order valence-corrected chi connectivity index (χ0v) is 25.6. The first-order valence-corrected chi connectivity index (χ1v) is 15.8. The topological polar surface area (TPSA) is 50.3 Å². The molecule has 2 aromatic heterocycles. The molecule has 0 atom stereocenters. The molecule has 0 saturated carbocycles. The van der Waals surface area contributed by atoms with Crippen molar-refractivity contribution in [1.29, 1.82) is 0 Å². The summed E-state index contributed by atoms with van der Waals surface area (Å²) in [4.78, 5) is 35.3. The molecule has 8 rings (SSSR count). The predicted octanol–water partition coefficient (Wildman–Crippen LogP) is 10.0. The SMILES string of the molecule is CC1(C)c2cc(N(c3ccccc3)c3ccc(-c4ccccc4)cc3)ncc2-c2sc(C=C3C(=O)c4ccccc4C3=O)cc21. The lowest BCUT2D eigenvalue weighted by Crippen LogP contribution is -2.17. The Morgan fingerprint density at radius 2 is 1.22 bits per heavy atom. The number of nitrogens with zero attached hydrogens (tertiary/aromatic N) is 2. The van der Waals surface area contributed by atoms with Gasteiger partial charge >= 0.3 is 0 Å². The average Bonchev–Trinajstić information content (AvgIpc) is 3.68. The summed E-state index contributed by atoms with van der Waals surface area (Å²) in [5.41, 5.74) is 8.79. The molecule has 0 fully saturated rings. The fraction of sp³-hybridized carbons (Fsp3) is 0.0750. The number of aromatic nitrogens is 1. The van der Waals surface area contributed by atoms with Crippen LogP contribution in [-0.4, -0.2) is 16.6 Å². The van der Waals surface area contributed by atoms with Gasteiger partial charge in [-0.05, 0) is 64.7 Å². The monoisotopic (exact) mass is 600 g/mol. The van der Waals surface area contributed by atoms with E-state index >= 15 is 0 Å². The van der Waals surface area contributed by atoms with Crippen LogP contribution in [0.25, 0.3) is 27.6 Å². The lowest BCUT2D eigenvalue weighted by Gasteiger charge is -2.27. The minimum absolute atomic E-state index is 0.201. The Hall–Kier alpha value is -5.39. The third-order valence-electron chi connectivity index (χ3n) is 8.90. The Balaban J connectivity index is 1.17. The molecule has 0 aliphatic heterocycles. The van der Waals surface area contributed by atoms with E-state index in [1.165, 1.54) is 16.7 Å². The Bertz CT molecular complexity index is 2120. The normalized spacial score (nSPS) is 14.2. The zero-order valence-electron chi connectivity index (χ0n) is 24.8. The van der Waals surface area contributed by atoms with Crippen molar-refractivity contribution in [3.63, 3.8) is 0 Å². The number of hydrogen-bond donors (Lipinski definition) is 0. The largest absolute Gasteiger partial charge is 0.295 e. The summed E-state index contributed by atoms with van der Waals surface area (Å²) < 4.78 is 0. The molecule has 6 aromatic rings. The molecule has 0 bridgehead atoms. The number of benzene rings is 4. The molecule has 45 heavy (non-hydrogen) atoms. The first kappa shape index (κ1) is 27.2. The molecule has 2 aliphatic rings. The Morgan fingerprint density at radius 3 is 1.89 bits per heavy atom. The molecular weight excluding hydrogens is 573 g/mol. The molecule has 216 valence electrons. The van der Waals surface area contributed by atoms with Crippen molar-refractivity contribution in [3.05, 3.63) is 160 Å². The van der Waals surface area contributed by atoms with Gasteiger partial charge in [-0.2, -0.15) is 0 Å². The number of anilines is 3. The number of hydrogen-bond acceptors (Lipinski definition) is 5. The highest BCUT2D eigenvalue weighted by atomic mass is 32.1. The fourth-order valence-corrected chi connectivity index (χ4v) is 7.81. The number of carbonyl (C=O) groups is 2. The number of ketones is 2. The van der Waals surface area contributed by atoms with E-state index in [0.29, 0.717) is 11.1 Å². The van der Waals surface area contributed by atoms with Gasteiger partial charge in [-0.1, -0.05) is 98.8 Å². The second kappa shape index (κ2) is 10.4. The highest BCUT2D eigenvalue weighted by Crippen LogP contribution is 2.53. The van der Waals surface area contributed by atoms with Crippen LogP contribution in [0.1, 0.15) is 50.6 Å². The summed E-state index contributed by atoms with van der Waals surface area (Å²) in [6.07, 6.45) is 3.74. The van der Waals surface area contributed by atoms with Gasteiger partial charge in [0.05, 0.1) is 5.57 Å². The zero-order chi connectivity index (χ0) is 30.7. The predicted molar refractivity (Wildman–Crippen MR) is 183 cm³/mol. The van der Waals surface area contributed by atoms with E-state index in [1.807, 2.05) is 30.5 Å². The maximum absolute atomic E-state index is 13.0. The molecule has 0 N–H and O–H groups in total. The highest BCUT2D eigenvalue weighted by Gasteiger charge is 2.39. The van der Waals surface area contributed by atoms with E-state index in [2.05, 4.69) is 91.5 Å². The van der Waals surface area contributed by atoms with Crippen molar-refractivity contribution in [1.82, 2.24) is 4.98 Å². The standard InChI is InChI=1S/C40H28N2O2S/c1-40(2)34-23-36(42(27-13-7-4-8-14-27)28-19-17-26(18-20-28)25-11-5-3-6-12-25)41-24-33(34)39-35(40)22-29(45-39)21-32-37(43)30-15-9-10-16-31(30)38(32)44/h3-24H,1-2H3. The van der Waals surface area contributed by atoms with Crippen molar-refractivity contribution >= 4 is 46.2 Å². The molecule has 0 saturated heterocycles. The van der Waals surface area contributed by atoms with E-state index in [1.54, 1.807) is 41.7 Å². The number of para-hydroxylation sites is 1. The van der Waals surface area contributed by atoms with Crippen molar-refractivity contribution in [2.45, 2.75) is 19.3 Å². The van der Waals surface area contributed by atoms with Crippen molar-refractivity contribution in [2.24, 2.45) is 0 Å². The number of Topliss-reactive ketones (excluding diaryl/α,β-unsaturated/α-hetero) is 2. The molecule has 4 aromatic carbocycles. The molecule has 5 heteroatoms. The number of allylic oxidation sites excluding steroid dienone is 1. The first-order chi connectivity index (χ1) is 21.9. The number of thiophene rings is 1. The van der Waals surface area contributed by atoms with Crippen molar-refractivity contribution in [3.8, 4) is 21.6 Å². The minimum Gasteiger partial charge on any atom is -0.295 e. The fourth-order valence-electron chi connectivity index (χ4n) is 6.53. The van der Waals surface area contributed by atoms with Crippen LogP contribution < -0.4 is 4.90 Å². The third-order valence-corrected chi connectivity index (χ3v) is 10.0. The minimum atomic E-state index is -0.290. The van der Waals surface area contributed by atoms with Gasteiger partial charge in [-0.3, -0.25) is 14.5 Å². The summed E-state index contributed by atoms with van der Waals surface area (Å²) >= 11 is 1.61. The van der Waals surface area contributed by atoms with E-state index in [-0.39, 0.29) is 22.6 Å². The van der Waals surface area contributed by atoms with Crippen LogP contribution >= 0.6 is 11.3 Å². The average molecular weight is 601 g/mol. The smallest absolute Gasteiger partial charge is 0.197 e. The van der Waals surface area contributed by atoms with Crippen LogP contribution in [0.2, 0.25) is 0 Å². The van der Waals surface area contributed by atoms with Gasteiger partial charge in [-0.25, -0.2) is 4.98 Å². The molecule has 2 aliphatic carbocycles. The summed E-state index contributed by atoms with van der Waals surface area (Å²) in [5, 5.41) is 0. The molecule has 0 amide bonds. The summed E-state index contributed by atoms with van der Waals surface area (Å²) in [7, 11) is 0. The van der Waals surface area contributed by atoms with Crippen LogP contribution in [0, 0.1) is 0 Å². The lowest BCUT2D eigenvalue weighted by molar-refractivity contribution is 0.0990. The summed E-state index contributed by atoms with van der Waals surface area (Å²) in [6, 6.07) is 40.7. The van der Waals surface area contributed by atoms with E-state index < -0.39 is 0 Å². The maximum atomic E-state index is 13.0. The second-order valence-corrected chi connectivity index (χ2v) is 13.0. The Kier molecular flexibility index (Phi) is 6.26. The molecule has 4 nitrogen and oxygen atoms in total. The number of carbonyl (C=O) groups excluding carboxylic acids is 2. The lowest BCUT2D eigenvalue weighted by atomic mass is 9.83. The third kappa shape index (κ3) is 4.39. The number of rotatable bonds is 5. The van der Waals surface area contributed by atoms with E-state index in [9.17, 15) is 9.59 Å². The van der Waals surface area contributed by atoms with Gasteiger partial charge in [0, 0.05) is 49.4 Å². The Labute approximate surface area is 266 Å². The molecular formula is C40H28N2O2S. The Morgan fingerprint density at radius 1 is 0.644 bits per heavy atom. The first-order valence-electron chi connectivity index (χ1n) is 15.0. The molecule has 0 unspecified atom stereocenters. The molecule has 2 heterocycles. The quantitative estimate of drug-likeness (QED) is 0.146. The van der Waals surface area contributed by atoms with Gasteiger partial charge < -0.3 is 0 Å². The van der Waals surface area contributed by atoms with Gasteiger partial charge in [0.1, 0.15) is 5.82 Å². The van der Waals surface area contributed by atoms with Crippen molar-refractivity contribution in [2.75, 3.05) is 4.90 Å². The second-order valence-electron chi connectivity index (χ2n) is 12.0. The van der Waals surface area contributed by atoms with Gasteiger partial charge in [0.2, 0.25) is 0 Å². The van der Waals surface area contributed by atoms with Crippen LogP contribution in [0.4, 0.5) is 17.2 Å². The summed E-state index contributed by atoms with van der Waals surface area (Å²) in [6.45, 7) is 4.46. The van der Waals surface area contributed by atoms with E-state index in [0.717, 1.165) is 38.1 Å². The van der Waals surface area contributed by atoms with Crippen LogP contribution in [-0.2, 0) is 5.41 Å². The summed E-state index contributed by atoms with van der Waals surface area (Å²) in [5.74, 6) is 0.443. The van der Waals surface area contributed by atoms with Crippen molar-refractivity contribution < 1.29 is 9.59 Å². The van der Waals surface area contributed by atoms with Gasteiger partial charge in [0.15, 0.2) is 11.6 Å². The van der Waals surface area contributed by atoms with E-state index in [4.69, 9.17) is 4.98 Å². The van der Waals surface area contributed by atoms with Gasteiger partial charge in [0.25, 0.3) is 0 Å². The highest BCUT2D eigenvalue weighted by molar-refractivity contribution is 7.16. The number of pyridine rings is 1. The van der Waals surface area contributed by atoms with Crippen LogP contribution in [0.3, 0.4) is 0 Å². The molecule has 0 radical (unpaired) electrons. The van der Waals surface area contributed by atoms with Crippen LogP contribution in [0.15, 0.2) is 133 Å². The van der Waals surface area contributed by atoms with Crippen LogP contribution in [0.5, 0.6) is 0 Å². The maximum Gasteiger partial charge on any atom is 0.197 e. The molecule has 0 spiro atoms. The number of fused-ring (bicyclic) bond motifs is 4.